The van der Waals surface area contributed by atoms with Gasteiger partial charge in [-0.15, -0.1) is 0 Å². The molecule has 1 atom stereocenters. The first kappa shape index (κ1) is 15.0. The van der Waals surface area contributed by atoms with E-state index in [-0.39, 0.29) is 6.04 Å². The van der Waals surface area contributed by atoms with Crippen LogP contribution in [0, 0.1) is 0 Å². The lowest BCUT2D eigenvalue weighted by Gasteiger charge is -2.13. The van der Waals surface area contributed by atoms with Crippen LogP contribution in [-0.4, -0.2) is 33.0 Å². The van der Waals surface area contributed by atoms with E-state index in [2.05, 4.69) is 0 Å². The second-order valence-electron chi connectivity index (χ2n) is 3.88. The fourth-order valence-corrected chi connectivity index (χ4v) is 1.55. The van der Waals surface area contributed by atoms with E-state index >= 15 is 0 Å². The molecular weight excluding hydrogens is 230 g/mol. The van der Waals surface area contributed by atoms with Crippen LogP contribution >= 0.6 is 0 Å². The second kappa shape index (κ2) is 8.91. The summed E-state index contributed by atoms with van der Waals surface area (Å²) in [6, 6.07) is 7.70. The zero-order valence-corrected chi connectivity index (χ0v) is 11.2. The molecule has 0 radical (unpaired) electrons. The zero-order valence-electron chi connectivity index (χ0n) is 11.2. The summed E-state index contributed by atoms with van der Waals surface area (Å²) in [5.74, 6) is 0.866. The van der Waals surface area contributed by atoms with Crippen molar-refractivity contribution in [1.29, 1.82) is 0 Å². The molecule has 0 aromatic heterocycles. The summed E-state index contributed by atoms with van der Waals surface area (Å²) in [6.45, 7) is 7.02. The summed E-state index contributed by atoms with van der Waals surface area (Å²) < 4.78 is 16.0. The highest BCUT2D eigenvalue weighted by Crippen LogP contribution is 2.16. The topological polar surface area (TPSA) is 53.7 Å². The average molecular weight is 253 g/mol. The number of nitrogens with two attached hydrogens (primary N) is 1. The minimum Gasteiger partial charge on any atom is -0.494 e. The summed E-state index contributed by atoms with van der Waals surface area (Å²) in [6.07, 6.45) is 0. The van der Waals surface area contributed by atoms with Crippen molar-refractivity contribution in [3.05, 3.63) is 29.8 Å². The molecule has 0 bridgehead atoms. The van der Waals surface area contributed by atoms with Crippen LogP contribution in [0.3, 0.4) is 0 Å². The van der Waals surface area contributed by atoms with E-state index in [4.69, 9.17) is 19.9 Å². The zero-order chi connectivity index (χ0) is 13.2. The van der Waals surface area contributed by atoms with Gasteiger partial charge in [0.25, 0.3) is 0 Å². The molecule has 1 aromatic rings. The molecule has 0 saturated carbocycles. The van der Waals surface area contributed by atoms with Crippen LogP contribution in [0.2, 0.25) is 0 Å². The summed E-state index contributed by atoms with van der Waals surface area (Å²) in [4.78, 5) is 0. The van der Waals surface area contributed by atoms with Gasteiger partial charge in [0.05, 0.1) is 32.5 Å². The van der Waals surface area contributed by atoms with E-state index in [1.165, 1.54) is 0 Å². The van der Waals surface area contributed by atoms with Gasteiger partial charge in [0, 0.05) is 6.61 Å². The first-order valence-corrected chi connectivity index (χ1v) is 6.41. The molecule has 0 amide bonds. The molecule has 18 heavy (non-hydrogen) atoms. The molecule has 0 aliphatic carbocycles. The van der Waals surface area contributed by atoms with Crippen molar-refractivity contribution >= 4 is 0 Å². The lowest BCUT2D eigenvalue weighted by molar-refractivity contribution is 0.0473. The molecule has 0 aliphatic rings. The SMILES string of the molecule is CCOCCOCC(N)c1ccc(OCC)cc1. The van der Waals surface area contributed by atoms with Crippen LogP contribution in [0.1, 0.15) is 25.5 Å². The van der Waals surface area contributed by atoms with Crippen LogP contribution in [0.25, 0.3) is 0 Å². The van der Waals surface area contributed by atoms with Gasteiger partial charge in [0.15, 0.2) is 0 Å². The van der Waals surface area contributed by atoms with Gasteiger partial charge in [0.2, 0.25) is 0 Å². The van der Waals surface area contributed by atoms with Crippen molar-refractivity contribution in [3.8, 4) is 5.75 Å². The summed E-state index contributed by atoms with van der Waals surface area (Å²) in [7, 11) is 0. The van der Waals surface area contributed by atoms with Gasteiger partial charge in [-0.1, -0.05) is 12.1 Å². The summed E-state index contributed by atoms with van der Waals surface area (Å²) in [5, 5.41) is 0. The normalized spacial score (nSPS) is 12.4. The minimum atomic E-state index is -0.109. The van der Waals surface area contributed by atoms with E-state index in [0.29, 0.717) is 33.0 Å². The molecule has 4 heteroatoms. The third-order valence-electron chi connectivity index (χ3n) is 2.49. The van der Waals surface area contributed by atoms with Crippen LogP contribution in [0.15, 0.2) is 24.3 Å². The number of hydrogen-bond acceptors (Lipinski definition) is 4. The Morgan fingerprint density at radius 1 is 1.00 bits per heavy atom. The maximum Gasteiger partial charge on any atom is 0.119 e. The van der Waals surface area contributed by atoms with Crippen molar-refractivity contribution < 1.29 is 14.2 Å². The van der Waals surface area contributed by atoms with E-state index in [0.717, 1.165) is 11.3 Å². The molecule has 0 fully saturated rings. The first-order chi connectivity index (χ1) is 8.77. The van der Waals surface area contributed by atoms with Crippen molar-refractivity contribution in [1.82, 2.24) is 0 Å². The van der Waals surface area contributed by atoms with Crippen LogP contribution in [-0.2, 0) is 9.47 Å². The standard InChI is InChI=1S/C14H23NO3/c1-3-16-9-10-17-11-14(15)12-5-7-13(8-6-12)18-4-2/h5-8,14H,3-4,9-11,15H2,1-2H3. The lowest BCUT2D eigenvalue weighted by Crippen LogP contribution is -2.18. The smallest absolute Gasteiger partial charge is 0.119 e. The largest absolute Gasteiger partial charge is 0.494 e. The Labute approximate surface area is 109 Å². The molecule has 1 aromatic carbocycles. The van der Waals surface area contributed by atoms with Gasteiger partial charge in [-0.3, -0.25) is 0 Å². The third kappa shape index (κ3) is 5.49. The lowest BCUT2D eigenvalue weighted by atomic mass is 10.1. The Hall–Kier alpha value is -1.10. The van der Waals surface area contributed by atoms with Gasteiger partial charge in [-0.25, -0.2) is 0 Å². The molecule has 102 valence electrons. The molecule has 0 saturated heterocycles. The van der Waals surface area contributed by atoms with Gasteiger partial charge in [-0.05, 0) is 31.5 Å². The Morgan fingerprint density at radius 2 is 1.67 bits per heavy atom. The number of hydrogen-bond donors (Lipinski definition) is 1. The molecule has 0 heterocycles. The van der Waals surface area contributed by atoms with Crippen LogP contribution in [0.4, 0.5) is 0 Å². The van der Waals surface area contributed by atoms with Gasteiger partial charge < -0.3 is 19.9 Å². The maximum absolute atomic E-state index is 6.03. The molecule has 1 rings (SSSR count). The molecule has 4 nitrogen and oxygen atoms in total. The number of ether oxygens (including phenoxy) is 3. The van der Waals surface area contributed by atoms with Crippen molar-refractivity contribution in [3.63, 3.8) is 0 Å². The van der Waals surface area contributed by atoms with Crippen LogP contribution < -0.4 is 10.5 Å². The Morgan fingerprint density at radius 3 is 2.28 bits per heavy atom. The van der Waals surface area contributed by atoms with E-state index in [1.54, 1.807) is 0 Å². The van der Waals surface area contributed by atoms with E-state index in [9.17, 15) is 0 Å². The molecule has 1 unspecified atom stereocenters. The highest BCUT2D eigenvalue weighted by molar-refractivity contribution is 5.29. The van der Waals surface area contributed by atoms with Crippen molar-refractivity contribution in [2.45, 2.75) is 19.9 Å². The monoisotopic (exact) mass is 253 g/mol. The predicted molar refractivity (Wildman–Crippen MR) is 71.9 cm³/mol. The van der Waals surface area contributed by atoms with Crippen molar-refractivity contribution in [2.75, 3.05) is 33.0 Å². The maximum atomic E-state index is 6.03. The average Bonchev–Trinajstić information content (AvgIpc) is 2.39. The quantitative estimate of drug-likeness (QED) is 0.685. The Balaban J connectivity index is 2.30. The molecule has 0 aliphatic heterocycles. The van der Waals surface area contributed by atoms with Gasteiger partial charge >= 0.3 is 0 Å². The predicted octanol–water partition coefficient (Wildman–Crippen LogP) is 2.14. The fourth-order valence-electron chi connectivity index (χ4n) is 1.55. The van der Waals surface area contributed by atoms with Gasteiger partial charge in [0.1, 0.15) is 5.75 Å². The number of benzene rings is 1. The Kier molecular flexibility index (Phi) is 7.41. The summed E-state index contributed by atoms with van der Waals surface area (Å²) in [5.41, 5.74) is 7.08. The van der Waals surface area contributed by atoms with Crippen LogP contribution in [0.5, 0.6) is 5.75 Å². The molecule has 2 N–H and O–H groups in total. The molecule has 0 spiro atoms. The first-order valence-electron chi connectivity index (χ1n) is 6.41. The van der Waals surface area contributed by atoms with Crippen molar-refractivity contribution in [2.24, 2.45) is 5.73 Å². The Bertz CT molecular complexity index is 313. The van der Waals surface area contributed by atoms with Gasteiger partial charge in [-0.2, -0.15) is 0 Å². The highest BCUT2D eigenvalue weighted by atomic mass is 16.5. The third-order valence-corrected chi connectivity index (χ3v) is 2.49. The minimum absolute atomic E-state index is 0.109. The van der Waals surface area contributed by atoms with E-state index in [1.807, 2.05) is 38.1 Å². The fraction of sp³-hybridized carbons (Fsp3) is 0.571. The molecular formula is C14H23NO3. The second-order valence-corrected chi connectivity index (χ2v) is 3.88. The number of rotatable bonds is 9. The highest BCUT2D eigenvalue weighted by Gasteiger charge is 2.06. The van der Waals surface area contributed by atoms with E-state index < -0.39 is 0 Å². The summed E-state index contributed by atoms with van der Waals surface area (Å²) >= 11 is 0.